The number of nitriles is 1. The summed E-state index contributed by atoms with van der Waals surface area (Å²) in [4.78, 5) is 27.9. The third-order valence-corrected chi connectivity index (χ3v) is 5.49. The first kappa shape index (κ1) is 17.9. The summed E-state index contributed by atoms with van der Waals surface area (Å²) >= 11 is 0. The zero-order valence-corrected chi connectivity index (χ0v) is 14.8. The highest BCUT2D eigenvalue weighted by Gasteiger charge is 2.56. The highest BCUT2D eigenvalue weighted by molar-refractivity contribution is 5.79. The van der Waals surface area contributed by atoms with Crippen LogP contribution < -0.4 is 10.1 Å². The monoisotopic (exact) mass is 372 g/mol. The molecule has 3 aliphatic rings. The van der Waals surface area contributed by atoms with Crippen LogP contribution in [0.25, 0.3) is 0 Å². The Morgan fingerprint density at radius 3 is 2.70 bits per heavy atom. The van der Waals surface area contributed by atoms with E-state index in [9.17, 15) is 14.0 Å². The molecule has 0 aliphatic carbocycles. The van der Waals surface area contributed by atoms with Gasteiger partial charge in [0.15, 0.2) is 0 Å². The van der Waals surface area contributed by atoms with E-state index in [1.165, 1.54) is 4.90 Å². The van der Waals surface area contributed by atoms with Crippen LogP contribution in [0.2, 0.25) is 0 Å². The van der Waals surface area contributed by atoms with Crippen molar-refractivity contribution in [3.63, 3.8) is 0 Å². The molecule has 3 heterocycles. The van der Waals surface area contributed by atoms with Crippen LogP contribution in [0, 0.1) is 17.2 Å². The second-order valence-electron chi connectivity index (χ2n) is 7.28. The molecule has 8 heteroatoms. The standard InChI is InChI=1S/C19H21FN4O3/c20-13-7-14(8-21)23(11-13)17(25)9-22-18-16-6-12(10-24(16)18)19(26)27-15-4-2-1-3-5-15/h1-5,12-14,16,18,22H,6-7,9-11H2/t12?,13-,14-,16?,18?,24?/m0/s1. The molecule has 6 atom stereocenters. The summed E-state index contributed by atoms with van der Waals surface area (Å²) < 4.78 is 18.8. The largest absolute Gasteiger partial charge is 0.426 e. The minimum absolute atomic E-state index is 0.00997. The lowest BCUT2D eigenvalue weighted by atomic mass is 10.1. The molecule has 4 unspecified atom stereocenters. The predicted octanol–water partition coefficient (Wildman–Crippen LogP) is 0.674. The van der Waals surface area contributed by atoms with Gasteiger partial charge in [0.25, 0.3) is 0 Å². The van der Waals surface area contributed by atoms with E-state index < -0.39 is 12.2 Å². The average molecular weight is 372 g/mol. The Bertz CT molecular complexity index is 756. The molecule has 0 bridgehead atoms. The van der Waals surface area contributed by atoms with Crippen molar-refractivity contribution in [2.75, 3.05) is 19.6 Å². The molecule has 3 aliphatic heterocycles. The topological polar surface area (TPSA) is 85.4 Å². The second-order valence-corrected chi connectivity index (χ2v) is 7.28. The number of alkyl halides is 1. The number of rotatable bonds is 5. The molecular formula is C19H21FN4O3. The summed E-state index contributed by atoms with van der Waals surface area (Å²) in [6.45, 7) is 0.658. The van der Waals surface area contributed by atoms with Crippen LogP contribution in [0.15, 0.2) is 30.3 Å². The van der Waals surface area contributed by atoms with E-state index >= 15 is 0 Å². The lowest BCUT2D eigenvalue weighted by Crippen LogP contribution is -2.43. The van der Waals surface area contributed by atoms with Gasteiger partial charge in [0.1, 0.15) is 18.0 Å². The van der Waals surface area contributed by atoms with Crippen LogP contribution in [0.1, 0.15) is 12.8 Å². The molecule has 0 aromatic heterocycles. The van der Waals surface area contributed by atoms with E-state index in [1.54, 1.807) is 12.1 Å². The number of likely N-dealkylation sites (tertiary alicyclic amines) is 1. The Kier molecular flexibility index (Phi) is 4.81. The maximum absolute atomic E-state index is 13.4. The molecule has 1 aromatic rings. The number of piperidine rings is 1. The van der Waals surface area contributed by atoms with E-state index in [4.69, 9.17) is 10.00 Å². The summed E-state index contributed by atoms with van der Waals surface area (Å²) in [7, 11) is 0. The molecule has 3 fully saturated rings. The Hall–Kier alpha value is -2.50. The van der Waals surface area contributed by atoms with E-state index in [2.05, 4.69) is 10.2 Å². The number of carbonyl (C=O) groups is 2. The zero-order valence-electron chi connectivity index (χ0n) is 14.8. The van der Waals surface area contributed by atoms with E-state index in [1.807, 2.05) is 24.3 Å². The number of para-hydroxylation sites is 1. The molecule has 27 heavy (non-hydrogen) atoms. The molecule has 1 N–H and O–H groups in total. The van der Waals surface area contributed by atoms with Gasteiger partial charge in [-0.1, -0.05) is 18.2 Å². The molecular weight excluding hydrogens is 351 g/mol. The Morgan fingerprint density at radius 1 is 1.26 bits per heavy atom. The third kappa shape index (κ3) is 3.66. The predicted molar refractivity (Wildman–Crippen MR) is 93.1 cm³/mol. The lowest BCUT2D eigenvalue weighted by molar-refractivity contribution is -0.138. The van der Waals surface area contributed by atoms with Gasteiger partial charge < -0.3 is 9.64 Å². The number of ether oxygens (including phenoxy) is 1. The van der Waals surface area contributed by atoms with Gasteiger partial charge >= 0.3 is 5.97 Å². The Balaban J connectivity index is 1.21. The number of halogens is 1. The van der Waals surface area contributed by atoms with Crippen LogP contribution in [-0.2, 0) is 9.59 Å². The third-order valence-electron chi connectivity index (χ3n) is 5.49. The van der Waals surface area contributed by atoms with E-state index in [0.717, 1.165) is 0 Å². The van der Waals surface area contributed by atoms with Crippen LogP contribution in [0.4, 0.5) is 4.39 Å². The number of nitrogens with zero attached hydrogens (tertiary/aromatic N) is 3. The van der Waals surface area contributed by atoms with Crippen molar-refractivity contribution in [1.82, 2.24) is 15.1 Å². The molecule has 3 saturated heterocycles. The van der Waals surface area contributed by atoms with Gasteiger partial charge in [-0.25, -0.2) is 4.39 Å². The minimum Gasteiger partial charge on any atom is -0.426 e. The van der Waals surface area contributed by atoms with Gasteiger partial charge in [-0.2, -0.15) is 5.26 Å². The molecule has 1 amide bonds. The van der Waals surface area contributed by atoms with E-state index in [-0.39, 0.29) is 49.5 Å². The first-order valence-electron chi connectivity index (χ1n) is 9.16. The van der Waals surface area contributed by atoms with E-state index in [0.29, 0.717) is 18.7 Å². The van der Waals surface area contributed by atoms with Crippen LogP contribution in [0.3, 0.4) is 0 Å². The maximum Gasteiger partial charge on any atom is 0.315 e. The number of nitrogens with one attached hydrogen (secondary N) is 1. The molecule has 0 spiro atoms. The summed E-state index contributed by atoms with van der Waals surface area (Å²) in [6.07, 6.45) is -0.293. The van der Waals surface area contributed by atoms with Gasteiger partial charge in [-0.15, -0.1) is 0 Å². The minimum atomic E-state index is -1.13. The van der Waals surface area contributed by atoms with Crippen molar-refractivity contribution in [2.24, 2.45) is 5.92 Å². The number of carbonyl (C=O) groups excluding carboxylic acids is 2. The SMILES string of the molecule is N#C[C@@H]1C[C@H](F)CN1C(=O)CNC1C2CC(C(=O)Oc3ccccc3)CN21. The lowest BCUT2D eigenvalue weighted by Gasteiger charge is -2.20. The fourth-order valence-corrected chi connectivity index (χ4v) is 4.05. The summed E-state index contributed by atoms with van der Waals surface area (Å²) in [5.41, 5.74) is 0. The maximum atomic E-state index is 13.4. The highest BCUT2D eigenvalue weighted by atomic mass is 19.1. The number of hydrogen-bond donors (Lipinski definition) is 1. The van der Waals surface area contributed by atoms with Crippen LogP contribution in [0.5, 0.6) is 5.75 Å². The van der Waals surface area contributed by atoms with Crippen LogP contribution in [-0.4, -0.2) is 65.7 Å². The fraction of sp³-hybridized carbons (Fsp3) is 0.526. The van der Waals surface area contributed by atoms with Crippen molar-refractivity contribution >= 4 is 11.9 Å². The van der Waals surface area contributed by atoms with Gasteiger partial charge in [0.2, 0.25) is 5.91 Å². The fourth-order valence-electron chi connectivity index (χ4n) is 4.05. The number of benzene rings is 1. The Labute approximate surface area is 156 Å². The van der Waals surface area contributed by atoms with Crippen molar-refractivity contribution in [3.8, 4) is 11.8 Å². The molecule has 0 saturated carbocycles. The summed E-state index contributed by atoms with van der Waals surface area (Å²) in [5, 5.41) is 12.2. The number of esters is 1. The Morgan fingerprint density at radius 2 is 2.04 bits per heavy atom. The second kappa shape index (κ2) is 7.25. The van der Waals surface area contributed by atoms with Crippen LogP contribution >= 0.6 is 0 Å². The average Bonchev–Trinajstić information content (AvgIpc) is 3.00. The van der Waals surface area contributed by atoms with Crippen molar-refractivity contribution in [1.29, 1.82) is 5.26 Å². The zero-order chi connectivity index (χ0) is 19.0. The first-order valence-corrected chi connectivity index (χ1v) is 9.16. The van der Waals surface area contributed by atoms with Gasteiger partial charge in [-0.05, 0) is 18.6 Å². The van der Waals surface area contributed by atoms with Crippen molar-refractivity contribution in [3.05, 3.63) is 30.3 Å². The molecule has 1 aromatic carbocycles. The molecule has 142 valence electrons. The highest BCUT2D eigenvalue weighted by Crippen LogP contribution is 2.40. The summed E-state index contributed by atoms with van der Waals surface area (Å²) in [6, 6.07) is 10.5. The number of amides is 1. The van der Waals surface area contributed by atoms with Gasteiger partial charge in [-0.3, -0.25) is 19.8 Å². The van der Waals surface area contributed by atoms with Gasteiger partial charge in [0.05, 0.1) is 31.2 Å². The molecule has 4 rings (SSSR count). The smallest absolute Gasteiger partial charge is 0.315 e. The summed E-state index contributed by atoms with van der Waals surface area (Å²) in [5.74, 6) is -0.112. The first-order chi connectivity index (χ1) is 13.1. The number of hydrogen-bond acceptors (Lipinski definition) is 6. The number of fused-ring (bicyclic) bond motifs is 1. The van der Waals surface area contributed by atoms with Gasteiger partial charge in [0, 0.05) is 19.0 Å². The van der Waals surface area contributed by atoms with Crippen molar-refractivity contribution < 1.29 is 18.7 Å². The molecule has 0 radical (unpaired) electrons. The molecule has 7 nitrogen and oxygen atoms in total. The van der Waals surface area contributed by atoms with Crippen molar-refractivity contribution in [2.45, 2.75) is 37.3 Å². The quantitative estimate of drug-likeness (QED) is 0.465. The normalized spacial score (nSPS) is 34.0.